The van der Waals surface area contributed by atoms with Crippen LogP contribution in [0.4, 0.5) is 17.6 Å². The lowest BCUT2D eigenvalue weighted by molar-refractivity contribution is -0.276. The van der Waals surface area contributed by atoms with Crippen molar-refractivity contribution in [3.63, 3.8) is 0 Å². The first-order valence-electron chi connectivity index (χ1n) is 5.42. The maximum Gasteiger partial charge on any atom is 0.574 e. The van der Waals surface area contributed by atoms with Gasteiger partial charge in [-0.15, -0.1) is 13.2 Å². The number of carbonyl (C=O) groups is 1. The molecule has 9 heteroatoms. The first kappa shape index (κ1) is 16.9. The van der Waals surface area contributed by atoms with E-state index in [1.807, 2.05) is 0 Å². The molecule has 1 heterocycles. The van der Waals surface area contributed by atoms with Crippen molar-refractivity contribution in [1.29, 1.82) is 0 Å². The zero-order chi connectivity index (χ0) is 15.3. The number of ether oxygens (including phenoxy) is 2. The lowest BCUT2D eigenvalue weighted by Gasteiger charge is -2.14. The number of carbonyl (C=O) groups excluding carboxylic acids is 1. The summed E-state index contributed by atoms with van der Waals surface area (Å²) < 4.78 is 58.1. The van der Waals surface area contributed by atoms with Gasteiger partial charge >= 0.3 is 12.3 Å². The smallest absolute Gasteiger partial charge is 0.466 e. The highest BCUT2D eigenvalue weighted by molar-refractivity contribution is 14.1. The van der Waals surface area contributed by atoms with Crippen LogP contribution in [0.5, 0.6) is 5.88 Å². The molecule has 0 atom stereocenters. The number of halogens is 5. The van der Waals surface area contributed by atoms with Crippen LogP contribution in [-0.4, -0.2) is 23.9 Å². The number of rotatable bonds is 5. The number of nitrogens with zero attached hydrogens (tertiary/aromatic N) is 1. The SMILES string of the molecule is CCOC(=O)Cc1c(I)cc(CF)nc1OC(F)(F)F. The molecule has 4 nitrogen and oxygen atoms in total. The van der Waals surface area contributed by atoms with Gasteiger partial charge < -0.3 is 9.47 Å². The monoisotopic (exact) mass is 407 g/mol. The molecular formula is C11H10F4INO3. The van der Waals surface area contributed by atoms with Gasteiger partial charge in [0.1, 0.15) is 6.67 Å². The fourth-order valence-corrected chi connectivity index (χ4v) is 2.13. The van der Waals surface area contributed by atoms with Gasteiger partial charge in [-0.2, -0.15) is 0 Å². The van der Waals surface area contributed by atoms with E-state index in [2.05, 4.69) is 14.5 Å². The maximum atomic E-state index is 12.5. The van der Waals surface area contributed by atoms with Crippen molar-refractivity contribution in [1.82, 2.24) is 4.98 Å². The number of pyridine rings is 1. The van der Waals surface area contributed by atoms with Gasteiger partial charge in [0.05, 0.1) is 18.7 Å². The first-order valence-corrected chi connectivity index (χ1v) is 6.50. The molecule has 0 spiro atoms. The Bertz CT molecular complexity index is 493. The van der Waals surface area contributed by atoms with E-state index < -0.39 is 31.3 Å². The molecule has 112 valence electrons. The van der Waals surface area contributed by atoms with E-state index >= 15 is 0 Å². The highest BCUT2D eigenvalue weighted by Gasteiger charge is 2.34. The highest BCUT2D eigenvalue weighted by Crippen LogP contribution is 2.29. The molecule has 0 bridgehead atoms. The third kappa shape index (κ3) is 5.10. The summed E-state index contributed by atoms with van der Waals surface area (Å²) in [7, 11) is 0. The molecule has 0 aromatic carbocycles. The molecule has 0 aliphatic rings. The molecular weight excluding hydrogens is 397 g/mol. The number of alkyl halides is 4. The minimum Gasteiger partial charge on any atom is -0.466 e. The van der Waals surface area contributed by atoms with E-state index in [1.165, 1.54) is 6.07 Å². The lowest BCUT2D eigenvalue weighted by Crippen LogP contribution is -2.21. The molecule has 0 fully saturated rings. The van der Waals surface area contributed by atoms with Gasteiger partial charge in [0.25, 0.3) is 0 Å². The van der Waals surface area contributed by atoms with Gasteiger partial charge in [-0.05, 0) is 35.6 Å². The van der Waals surface area contributed by atoms with E-state index in [4.69, 9.17) is 0 Å². The fourth-order valence-electron chi connectivity index (χ4n) is 1.34. The third-order valence-corrected chi connectivity index (χ3v) is 3.02. The Morgan fingerprint density at radius 3 is 2.60 bits per heavy atom. The Balaban J connectivity index is 3.15. The maximum absolute atomic E-state index is 12.5. The van der Waals surface area contributed by atoms with Crippen molar-refractivity contribution in [2.24, 2.45) is 0 Å². The second-order valence-electron chi connectivity index (χ2n) is 3.54. The normalized spacial score (nSPS) is 11.3. The summed E-state index contributed by atoms with van der Waals surface area (Å²) in [5.74, 6) is -1.54. The lowest BCUT2D eigenvalue weighted by atomic mass is 10.2. The quantitative estimate of drug-likeness (QED) is 0.428. The van der Waals surface area contributed by atoms with Crippen LogP contribution in [-0.2, 0) is 22.6 Å². The van der Waals surface area contributed by atoms with E-state index in [0.717, 1.165) is 0 Å². The van der Waals surface area contributed by atoms with E-state index in [1.54, 1.807) is 29.5 Å². The van der Waals surface area contributed by atoms with Crippen molar-refractivity contribution >= 4 is 28.6 Å². The molecule has 1 aromatic heterocycles. The zero-order valence-electron chi connectivity index (χ0n) is 10.3. The Morgan fingerprint density at radius 1 is 1.45 bits per heavy atom. The summed E-state index contributed by atoms with van der Waals surface area (Å²) in [5.41, 5.74) is -0.292. The van der Waals surface area contributed by atoms with Crippen LogP contribution in [0.15, 0.2) is 6.07 Å². The molecule has 0 unspecified atom stereocenters. The number of hydrogen-bond acceptors (Lipinski definition) is 4. The Hall–Kier alpha value is -1.13. The van der Waals surface area contributed by atoms with Crippen LogP contribution in [0.25, 0.3) is 0 Å². The molecule has 0 aliphatic carbocycles. The van der Waals surface area contributed by atoms with Crippen molar-refractivity contribution in [2.75, 3.05) is 6.61 Å². The van der Waals surface area contributed by atoms with Crippen LogP contribution in [0.3, 0.4) is 0 Å². The van der Waals surface area contributed by atoms with Crippen molar-refractivity contribution in [3.8, 4) is 5.88 Å². The highest BCUT2D eigenvalue weighted by atomic mass is 127. The van der Waals surface area contributed by atoms with E-state index in [-0.39, 0.29) is 21.4 Å². The number of hydrogen-bond donors (Lipinski definition) is 0. The summed E-state index contributed by atoms with van der Waals surface area (Å²) in [5, 5.41) is 0. The van der Waals surface area contributed by atoms with E-state index in [9.17, 15) is 22.4 Å². The molecule has 1 rings (SSSR count). The van der Waals surface area contributed by atoms with Crippen molar-refractivity contribution in [3.05, 3.63) is 20.9 Å². The number of esters is 1. The minimum atomic E-state index is -4.98. The predicted octanol–water partition coefficient (Wildman–Crippen LogP) is 3.16. The van der Waals surface area contributed by atoms with Gasteiger partial charge in [-0.25, -0.2) is 9.37 Å². The molecule has 0 N–H and O–H groups in total. The second-order valence-corrected chi connectivity index (χ2v) is 4.70. The van der Waals surface area contributed by atoms with Crippen LogP contribution in [0.1, 0.15) is 18.2 Å². The summed E-state index contributed by atoms with van der Waals surface area (Å²) in [6.45, 7) is 0.630. The van der Waals surface area contributed by atoms with Crippen molar-refractivity contribution in [2.45, 2.75) is 26.4 Å². The predicted molar refractivity (Wildman–Crippen MR) is 68.8 cm³/mol. The average molecular weight is 407 g/mol. The van der Waals surface area contributed by atoms with E-state index in [0.29, 0.717) is 0 Å². The van der Waals surface area contributed by atoms with Gasteiger partial charge in [0, 0.05) is 9.13 Å². The average Bonchev–Trinajstić information content (AvgIpc) is 2.31. The molecule has 0 saturated carbocycles. The van der Waals surface area contributed by atoms with Gasteiger partial charge in [0.15, 0.2) is 0 Å². The Kier molecular flexibility index (Phi) is 5.96. The topological polar surface area (TPSA) is 48.4 Å². The zero-order valence-corrected chi connectivity index (χ0v) is 12.4. The summed E-state index contributed by atoms with van der Waals surface area (Å²) >= 11 is 1.69. The molecule has 0 radical (unpaired) electrons. The van der Waals surface area contributed by atoms with Crippen LogP contribution in [0, 0.1) is 3.57 Å². The second kappa shape index (κ2) is 7.04. The fraction of sp³-hybridized carbons (Fsp3) is 0.455. The van der Waals surface area contributed by atoms with Crippen LogP contribution >= 0.6 is 22.6 Å². The van der Waals surface area contributed by atoms with Crippen molar-refractivity contribution < 1.29 is 31.8 Å². The summed E-state index contributed by atoms with van der Waals surface area (Å²) in [6.07, 6.45) is -5.41. The van der Waals surface area contributed by atoms with Crippen LogP contribution < -0.4 is 4.74 Å². The Morgan fingerprint density at radius 2 is 2.10 bits per heavy atom. The minimum absolute atomic E-state index is 0.0847. The summed E-state index contributed by atoms with van der Waals surface area (Å²) in [4.78, 5) is 14.8. The molecule has 0 amide bonds. The first-order chi connectivity index (χ1) is 9.26. The third-order valence-electron chi connectivity index (χ3n) is 2.06. The molecule has 0 saturated heterocycles. The molecule has 1 aromatic rings. The summed E-state index contributed by atoms with van der Waals surface area (Å²) in [6, 6.07) is 1.25. The number of aromatic nitrogens is 1. The standard InChI is InChI=1S/C11H10F4INO3/c1-2-19-9(18)4-7-8(16)3-6(5-12)17-10(7)20-11(13,14)15/h3H,2,4-5H2,1H3. The van der Waals surface area contributed by atoms with Gasteiger partial charge in [0.2, 0.25) is 5.88 Å². The molecule has 20 heavy (non-hydrogen) atoms. The Labute approximate surface area is 125 Å². The van der Waals surface area contributed by atoms with Crippen LogP contribution in [0.2, 0.25) is 0 Å². The van der Waals surface area contributed by atoms with Gasteiger partial charge in [-0.3, -0.25) is 4.79 Å². The largest absolute Gasteiger partial charge is 0.574 e. The van der Waals surface area contributed by atoms with Gasteiger partial charge in [-0.1, -0.05) is 0 Å². The molecule has 0 aliphatic heterocycles.